The van der Waals surface area contributed by atoms with Gasteiger partial charge in [0.25, 0.3) is 5.69 Å². The van der Waals surface area contributed by atoms with Gasteiger partial charge < -0.3 is 10.1 Å². The molecule has 0 aliphatic carbocycles. The van der Waals surface area contributed by atoms with E-state index in [1.165, 1.54) is 19.2 Å². The van der Waals surface area contributed by atoms with Gasteiger partial charge in [-0.2, -0.15) is 0 Å². The van der Waals surface area contributed by atoms with E-state index in [0.29, 0.717) is 17.9 Å². The zero-order chi connectivity index (χ0) is 14.0. The molecule has 104 valence electrons. The number of nitro groups is 1. The Balaban J connectivity index is 2.20. The fourth-order valence-electron chi connectivity index (χ4n) is 2.03. The Morgan fingerprint density at radius 1 is 1.42 bits per heavy atom. The van der Waals surface area contributed by atoms with Crippen LogP contribution in [0.3, 0.4) is 0 Å². The molecule has 0 spiro atoms. The maximum Gasteiger partial charge on any atom is 0.275 e. The van der Waals surface area contributed by atoms with E-state index in [1.807, 2.05) is 0 Å². The highest BCUT2D eigenvalue weighted by Crippen LogP contribution is 2.27. The highest BCUT2D eigenvalue weighted by Gasteiger charge is 2.28. The highest BCUT2D eigenvalue weighted by molar-refractivity contribution is 7.91. The second kappa shape index (κ2) is 5.04. The van der Waals surface area contributed by atoms with E-state index < -0.39 is 14.8 Å². The molecule has 1 aromatic rings. The van der Waals surface area contributed by atoms with Crippen molar-refractivity contribution in [1.82, 2.24) is 0 Å². The van der Waals surface area contributed by atoms with Crippen molar-refractivity contribution in [3.05, 3.63) is 28.3 Å². The van der Waals surface area contributed by atoms with Gasteiger partial charge in [0.2, 0.25) is 0 Å². The quantitative estimate of drug-likeness (QED) is 0.659. The molecule has 1 aliphatic heterocycles. The lowest BCUT2D eigenvalue weighted by molar-refractivity contribution is -0.384. The fourth-order valence-corrected chi connectivity index (χ4v) is 3.71. The average molecular weight is 286 g/mol. The van der Waals surface area contributed by atoms with Crippen molar-refractivity contribution in [2.45, 2.75) is 12.5 Å². The van der Waals surface area contributed by atoms with Crippen molar-refractivity contribution < 1.29 is 18.1 Å². The third-order valence-electron chi connectivity index (χ3n) is 2.94. The van der Waals surface area contributed by atoms with E-state index in [-0.39, 0.29) is 23.2 Å². The summed E-state index contributed by atoms with van der Waals surface area (Å²) >= 11 is 0. The Morgan fingerprint density at radius 2 is 2.16 bits per heavy atom. The van der Waals surface area contributed by atoms with Gasteiger partial charge in [-0.25, -0.2) is 8.42 Å². The first-order valence-electron chi connectivity index (χ1n) is 5.70. The van der Waals surface area contributed by atoms with Crippen LogP contribution in [0.4, 0.5) is 11.4 Å². The molecule has 2 rings (SSSR count). The summed E-state index contributed by atoms with van der Waals surface area (Å²) in [6, 6.07) is 4.08. The summed E-state index contributed by atoms with van der Waals surface area (Å²) in [5.74, 6) is 0.562. The van der Waals surface area contributed by atoms with E-state index in [4.69, 9.17) is 4.74 Å². The monoisotopic (exact) mass is 286 g/mol. The molecule has 0 aromatic heterocycles. The minimum absolute atomic E-state index is 0.0536. The van der Waals surface area contributed by atoms with E-state index in [2.05, 4.69) is 5.32 Å². The van der Waals surface area contributed by atoms with Crippen LogP contribution in [0.1, 0.15) is 6.42 Å². The zero-order valence-corrected chi connectivity index (χ0v) is 11.1. The van der Waals surface area contributed by atoms with Gasteiger partial charge in [0.1, 0.15) is 5.75 Å². The number of nitrogens with zero attached hydrogens (tertiary/aromatic N) is 1. The normalized spacial score (nSPS) is 21.0. The van der Waals surface area contributed by atoms with Crippen LogP contribution in [0.25, 0.3) is 0 Å². The molecule has 1 aromatic carbocycles. The minimum Gasteiger partial charge on any atom is -0.496 e. The second-order valence-corrected chi connectivity index (χ2v) is 6.65. The van der Waals surface area contributed by atoms with Crippen LogP contribution in [-0.4, -0.2) is 38.0 Å². The van der Waals surface area contributed by atoms with Crippen LogP contribution in [0.15, 0.2) is 18.2 Å². The van der Waals surface area contributed by atoms with Crippen LogP contribution in [0, 0.1) is 10.1 Å². The third kappa shape index (κ3) is 3.34. The van der Waals surface area contributed by atoms with Crippen molar-refractivity contribution >= 4 is 21.2 Å². The molecule has 8 heteroatoms. The van der Waals surface area contributed by atoms with Crippen LogP contribution in [0.2, 0.25) is 0 Å². The number of hydrogen-bond acceptors (Lipinski definition) is 6. The summed E-state index contributed by atoms with van der Waals surface area (Å²) in [6.45, 7) is 0. The predicted molar refractivity (Wildman–Crippen MR) is 70.3 cm³/mol. The predicted octanol–water partition coefficient (Wildman–Crippen LogP) is 1.20. The number of methoxy groups -OCH3 is 1. The molecule has 1 aliphatic rings. The summed E-state index contributed by atoms with van der Waals surface area (Å²) < 4.78 is 27.7. The summed E-state index contributed by atoms with van der Waals surface area (Å²) in [7, 11) is -1.57. The smallest absolute Gasteiger partial charge is 0.275 e. The largest absolute Gasteiger partial charge is 0.496 e. The number of rotatable bonds is 4. The molecule has 1 N–H and O–H groups in total. The number of ether oxygens (including phenoxy) is 1. The van der Waals surface area contributed by atoms with Gasteiger partial charge >= 0.3 is 0 Å². The number of non-ortho nitro benzene ring substituents is 1. The number of anilines is 1. The molecule has 19 heavy (non-hydrogen) atoms. The van der Waals surface area contributed by atoms with Crippen LogP contribution in [0.5, 0.6) is 5.75 Å². The summed E-state index contributed by atoms with van der Waals surface area (Å²) in [5.41, 5.74) is 0.399. The molecular formula is C11H14N2O5S. The first-order valence-corrected chi connectivity index (χ1v) is 7.52. The Hall–Kier alpha value is -1.83. The van der Waals surface area contributed by atoms with E-state index in [0.717, 1.165) is 0 Å². The minimum atomic E-state index is -2.99. The molecular weight excluding hydrogens is 272 g/mol. The third-order valence-corrected chi connectivity index (χ3v) is 4.71. The average Bonchev–Trinajstić information content (AvgIpc) is 2.68. The van der Waals surface area contributed by atoms with Crippen LogP contribution in [-0.2, 0) is 9.84 Å². The van der Waals surface area contributed by atoms with Crippen molar-refractivity contribution in [3.63, 3.8) is 0 Å². The lowest BCUT2D eigenvalue weighted by Gasteiger charge is -2.13. The zero-order valence-electron chi connectivity index (χ0n) is 10.3. The number of hydrogen-bond donors (Lipinski definition) is 1. The maximum absolute atomic E-state index is 11.4. The lowest BCUT2D eigenvalue weighted by Crippen LogP contribution is -2.20. The number of sulfone groups is 1. The second-order valence-electron chi connectivity index (χ2n) is 4.42. The molecule has 0 radical (unpaired) electrons. The van der Waals surface area contributed by atoms with Gasteiger partial charge in [-0.1, -0.05) is 0 Å². The van der Waals surface area contributed by atoms with Crippen LogP contribution >= 0.6 is 0 Å². The molecule has 1 atom stereocenters. The molecule has 1 heterocycles. The van der Waals surface area contributed by atoms with Gasteiger partial charge in [-0.05, 0) is 6.42 Å². The van der Waals surface area contributed by atoms with Crippen molar-refractivity contribution in [2.24, 2.45) is 0 Å². The summed E-state index contributed by atoms with van der Waals surface area (Å²) in [4.78, 5) is 10.3. The molecule has 0 bridgehead atoms. The number of nitrogens with one attached hydrogen (secondary N) is 1. The Kier molecular flexibility index (Phi) is 3.61. The topological polar surface area (TPSA) is 98.5 Å². The van der Waals surface area contributed by atoms with Gasteiger partial charge in [0.15, 0.2) is 9.84 Å². The summed E-state index contributed by atoms with van der Waals surface area (Å²) in [6.07, 6.45) is 0.507. The van der Waals surface area contributed by atoms with Gasteiger partial charge in [-0.15, -0.1) is 0 Å². The molecule has 1 fully saturated rings. The van der Waals surface area contributed by atoms with Crippen molar-refractivity contribution in [2.75, 3.05) is 23.9 Å². The molecule has 1 unspecified atom stereocenters. The first kappa shape index (κ1) is 13.6. The van der Waals surface area contributed by atoms with E-state index >= 15 is 0 Å². The highest BCUT2D eigenvalue weighted by atomic mass is 32.2. The SMILES string of the molecule is COc1cc(NC2CCS(=O)(=O)C2)cc([N+](=O)[O-])c1. The maximum atomic E-state index is 11.4. The summed E-state index contributed by atoms with van der Waals surface area (Å²) in [5, 5.41) is 13.8. The van der Waals surface area contributed by atoms with Crippen molar-refractivity contribution in [3.8, 4) is 5.75 Å². The van der Waals surface area contributed by atoms with Gasteiger partial charge in [0, 0.05) is 23.9 Å². The van der Waals surface area contributed by atoms with Gasteiger partial charge in [-0.3, -0.25) is 10.1 Å². The Bertz CT molecular complexity index is 599. The van der Waals surface area contributed by atoms with Crippen LogP contribution < -0.4 is 10.1 Å². The Morgan fingerprint density at radius 3 is 2.68 bits per heavy atom. The molecule has 0 amide bonds. The Labute approximate surface area is 110 Å². The van der Waals surface area contributed by atoms with Gasteiger partial charge in [0.05, 0.1) is 29.6 Å². The lowest BCUT2D eigenvalue weighted by atomic mass is 10.2. The van der Waals surface area contributed by atoms with E-state index in [9.17, 15) is 18.5 Å². The molecule has 0 saturated carbocycles. The first-order chi connectivity index (χ1) is 8.89. The molecule has 1 saturated heterocycles. The van der Waals surface area contributed by atoms with Crippen molar-refractivity contribution in [1.29, 1.82) is 0 Å². The molecule has 7 nitrogen and oxygen atoms in total. The fraction of sp³-hybridized carbons (Fsp3) is 0.455. The standard InChI is InChI=1S/C11H14N2O5S/c1-18-11-5-9(4-10(6-11)13(14)15)12-8-2-3-19(16,17)7-8/h4-6,8,12H,2-3,7H2,1H3. The number of benzene rings is 1. The van der Waals surface area contributed by atoms with E-state index in [1.54, 1.807) is 6.07 Å². The number of nitro benzene ring substituents is 1.